The van der Waals surface area contributed by atoms with E-state index >= 15 is 0 Å². The minimum absolute atomic E-state index is 0.171. The zero-order valence-electron chi connectivity index (χ0n) is 16.1. The Bertz CT molecular complexity index is 1200. The van der Waals surface area contributed by atoms with Crippen molar-refractivity contribution in [3.05, 3.63) is 69.1 Å². The Morgan fingerprint density at radius 2 is 2.00 bits per heavy atom. The predicted octanol–water partition coefficient (Wildman–Crippen LogP) is 4.28. The first-order chi connectivity index (χ1) is 14.4. The van der Waals surface area contributed by atoms with Gasteiger partial charge in [-0.3, -0.25) is 4.79 Å². The summed E-state index contributed by atoms with van der Waals surface area (Å²) in [6, 6.07) is 13.3. The summed E-state index contributed by atoms with van der Waals surface area (Å²) in [5, 5.41) is 12.0. The molecule has 7 nitrogen and oxygen atoms in total. The van der Waals surface area contributed by atoms with Crippen LogP contribution in [0.3, 0.4) is 0 Å². The van der Waals surface area contributed by atoms with Crippen molar-refractivity contribution >= 4 is 44.6 Å². The Kier molecular flexibility index (Phi) is 5.88. The fourth-order valence-electron chi connectivity index (χ4n) is 3.46. The van der Waals surface area contributed by atoms with E-state index in [0.29, 0.717) is 39.1 Å². The highest BCUT2D eigenvalue weighted by Crippen LogP contribution is 2.38. The van der Waals surface area contributed by atoms with Crippen LogP contribution in [0.25, 0.3) is 0 Å². The summed E-state index contributed by atoms with van der Waals surface area (Å²) < 4.78 is 28.0. The molecule has 1 unspecified atom stereocenters. The van der Waals surface area contributed by atoms with Gasteiger partial charge in [0.15, 0.2) is 0 Å². The smallest absolute Gasteiger partial charge is 0.286 e. The lowest BCUT2D eigenvalue weighted by Crippen LogP contribution is -2.31. The minimum atomic E-state index is -3.67. The van der Waals surface area contributed by atoms with Crippen molar-refractivity contribution in [3.8, 4) is 0 Å². The van der Waals surface area contributed by atoms with Gasteiger partial charge in [0.05, 0.1) is 10.9 Å². The largest absolute Gasteiger partial charge is 0.320 e. The third-order valence-electron chi connectivity index (χ3n) is 4.89. The maximum atomic E-state index is 13.2. The molecule has 1 aliphatic rings. The summed E-state index contributed by atoms with van der Waals surface area (Å²) in [6.45, 7) is 2.19. The first-order valence-electron chi connectivity index (χ1n) is 9.34. The molecule has 1 aliphatic heterocycles. The number of aromatic nitrogens is 2. The monoisotopic (exact) mass is 462 g/mol. The van der Waals surface area contributed by atoms with Gasteiger partial charge in [0, 0.05) is 17.3 Å². The van der Waals surface area contributed by atoms with Gasteiger partial charge in [0.25, 0.3) is 5.91 Å². The number of sulfonamides is 1. The SMILES string of the molecule is Cc1ccccc1S(=O)(=O)N1CCCC1c1nnc(C(=O)Nc2cccc(Cl)c2)s1. The Morgan fingerprint density at radius 1 is 1.20 bits per heavy atom. The van der Waals surface area contributed by atoms with Crippen molar-refractivity contribution in [2.45, 2.75) is 30.7 Å². The van der Waals surface area contributed by atoms with Crippen LogP contribution in [0.2, 0.25) is 5.02 Å². The van der Waals surface area contributed by atoms with E-state index in [1.165, 1.54) is 4.31 Å². The standard InChI is InChI=1S/C20H19ClN4O3S2/c1-13-6-2-3-10-17(13)30(27,28)25-11-5-9-16(25)19-23-24-20(29-19)18(26)22-15-8-4-7-14(21)12-15/h2-4,6-8,10,12,16H,5,9,11H2,1H3,(H,22,26). The van der Waals surface area contributed by atoms with E-state index in [2.05, 4.69) is 15.5 Å². The fraction of sp³-hybridized carbons (Fsp3) is 0.250. The van der Waals surface area contributed by atoms with Crippen molar-refractivity contribution in [2.24, 2.45) is 0 Å². The second-order valence-corrected chi connectivity index (χ2v) is 10.3. The number of benzene rings is 2. The number of aryl methyl sites for hydroxylation is 1. The van der Waals surface area contributed by atoms with E-state index < -0.39 is 22.0 Å². The molecular formula is C20H19ClN4O3S2. The van der Waals surface area contributed by atoms with Crippen LogP contribution >= 0.6 is 22.9 Å². The summed E-state index contributed by atoms with van der Waals surface area (Å²) in [4.78, 5) is 12.8. The van der Waals surface area contributed by atoms with Crippen molar-refractivity contribution in [3.63, 3.8) is 0 Å². The third kappa shape index (κ3) is 4.11. The van der Waals surface area contributed by atoms with Gasteiger partial charge in [-0.2, -0.15) is 4.31 Å². The molecule has 2 aromatic carbocycles. The molecule has 1 N–H and O–H groups in total. The number of halogens is 1. The lowest BCUT2D eigenvalue weighted by atomic mass is 10.2. The molecule has 0 radical (unpaired) electrons. The Labute approximate surface area is 183 Å². The normalized spacial score (nSPS) is 17.2. The van der Waals surface area contributed by atoms with E-state index in [9.17, 15) is 13.2 Å². The molecule has 3 aromatic rings. The summed E-state index contributed by atoms with van der Waals surface area (Å²) >= 11 is 7.05. The summed E-state index contributed by atoms with van der Waals surface area (Å²) in [5.74, 6) is -0.410. The Morgan fingerprint density at radius 3 is 2.77 bits per heavy atom. The number of nitrogens with zero attached hydrogens (tertiary/aromatic N) is 3. The van der Waals surface area contributed by atoms with Gasteiger partial charge in [0.2, 0.25) is 15.0 Å². The second kappa shape index (κ2) is 8.43. The molecule has 1 amide bonds. The molecule has 1 fully saturated rings. The molecule has 10 heteroatoms. The van der Waals surface area contributed by atoms with Gasteiger partial charge in [-0.15, -0.1) is 10.2 Å². The van der Waals surface area contributed by atoms with Crippen LogP contribution in [-0.2, 0) is 10.0 Å². The molecule has 0 bridgehead atoms. The average molecular weight is 463 g/mol. The molecule has 156 valence electrons. The van der Waals surface area contributed by atoms with E-state index in [0.717, 1.165) is 17.8 Å². The Hall–Kier alpha value is -2.33. The average Bonchev–Trinajstić information content (AvgIpc) is 3.38. The number of hydrogen-bond donors (Lipinski definition) is 1. The number of anilines is 1. The summed E-state index contributed by atoms with van der Waals surface area (Å²) in [5.41, 5.74) is 1.25. The highest BCUT2D eigenvalue weighted by atomic mass is 35.5. The second-order valence-electron chi connectivity index (χ2n) is 6.95. The van der Waals surface area contributed by atoms with Gasteiger partial charge in [-0.05, 0) is 49.6 Å². The van der Waals surface area contributed by atoms with Gasteiger partial charge in [0.1, 0.15) is 5.01 Å². The highest BCUT2D eigenvalue weighted by Gasteiger charge is 2.39. The topological polar surface area (TPSA) is 92.3 Å². The van der Waals surface area contributed by atoms with E-state index in [-0.39, 0.29) is 5.01 Å². The lowest BCUT2D eigenvalue weighted by molar-refractivity contribution is 0.102. The van der Waals surface area contributed by atoms with E-state index in [4.69, 9.17) is 11.6 Å². The molecule has 30 heavy (non-hydrogen) atoms. The van der Waals surface area contributed by atoms with Crippen molar-refractivity contribution in [2.75, 3.05) is 11.9 Å². The van der Waals surface area contributed by atoms with Crippen LogP contribution in [0, 0.1) is 6.92 Å². The molecule has 2 heterocycles. The summed E-state index contributed by atoms with van der Waals surface area (Å²) in [7, 11) is -3.67. The van der Waals surface area contributed by atoms with Gasteiger partial charge >= 0.3 is 0 Å². The minimum Gasteiger partial charge on any atom is -0.320 e. The number of nitrogens with one attached hydrogen (secondary N) is 1. The van der Waals surface area contributed by atoms with Crippen LogP contribution in [0.4, 0.5) is 5.69 Å². The molecule has 1 aromatic heterocycles. The van der Waals surface area contributed by atoms with Crippen LogP contribution in [0.5, 0.6) is 0 Å². The molecule has 0 aliphatic carbocycles. The fourth-order valence-corrected chi connectivity index (χ4v) is 6.49. The van der Waals surface area contributed by atoms with Crippen LogP contribution in [0.1, 0.15) is 39.3 Å². The van der Waals surface area contributed by atoms with Gasteiger partial charge in [-0.25, -0.2) is 8.42 Å². The van der Waals surface area contributed by atoms with E-state index in [1.54, 1.807) is 49.4 Å². The van der Waals surface area contributed by atoms with Gasteiger partial charge in [-0.1, -0.05) is 47.2 Å². The van der Waals surface area contributed by atoms with Crippen molar-refractivity contribution in [1.82, 2.24) is 14.5 Å². The predicted molar refractivity (Wildman–Crippen MR) is 116 cm³/mol. The molecule has 4 rings (SSSR count). The number of rotatable bonds is 5. The van der Waals surface area contributed by atoms with Crippen molar-refractivity contribution < 1.29 is 13.2 Å². The van der Waals surface area contributed by atoms with Crippen LogP contribution in [-0.4, -0.2) is 35.4 Å². The zero-order chi connectivity index (χ0) is 21.3. The molecule has 0 spiro atoms. The highest BCUT2D eigenvalue weighted by molar-refractivity contribution is 7.89. The van der Waals surface area contributed by atoms with Crippen LogP contribution < -0.4 is 5.32 Å². The van der Waals surface area contributed by atoms with Gasteiger partial charge < -0.3 is 5.32 Å². The maximum absolute atomic E-state index is 13.2. The number of carbonyl (C=O) groups is 1. The molecule has 1 atom stereocenters. The van der Waals surface area contributed by atoms with Crippen LogP contribution in [0.15, 0.2) is 53.4 Å². The molecule has 1 saturated heterocycles. The number of hydrogen-bond acceptors (Lipinski definition) is 6. The van der Waals surface area contributed by atoms with Crippen molar-refractivity contribution in [1.29, 1.82) is 0 Å². The number of carbonyl (C=O) groups excluding carboxylic acids is 1. The molecule has 0 saturated carbocycles. The third-order valence-corrected chi connectivity index (χ3v) is 8.21. The first-order valence-corrected chi connectivity index (χ1v) is 12.0. The summed E-state index contributed by atoms with van der Waals surface area (Å²) in [6.07, 6.45) is 1.36. The quantitative estimate of drug-likeness (QED) is 0.611. The number of amides is 1. The van der Waals surface area contributed by atoms with E-state index in [1.807, 2.05) is 6.07 Å². The maximum Gasteiger partial charge on any atom is 0.286 e. The Balaban J connectivity index is 1.56. The zero-order valence-corrected chi connectivity index (χ0v) is 18.5. The lowest BCUT2D eigenvalue weighted by Gasteiger charge is -2.23. The molecular weight excluding hydrogens is 444 g/mol. The first kappa shape index (κ1) is 20.9.